The van der Waals surface area contributed by atoms with Crippen molar-refractivity contribution < 1.29 is 9.59 Å². The summed E-state index contributed by atoms with van der Waals surface area (Å²) in [6.45, 7) is 5.72. The number of carbonyl (C=O) groups excluding carboxylic acids is 2. The van der Waals surface area contributed by atoms with E-state index in [1.807, 2.05) is 26.0 Å². The molecule has 0 spiro atoms. The molecule has 2 rings (SSSR count). The van der Waals surface area contributed by atoms with Gasteiger partial charge in [-0.3, -0.25) is 14.9 Å². The van der Waals surface area contributed by atoms with Gasteiger partial charge in [-0.2, -0.15) is 0 Å². The molecule has 0 aliphatic carbocycles. The third kappa shape index (κ3) is 5.67. The Balaban J connectivity index is 1.96. The lowest BCUT2D eigenvalue weighted by Crippen LogP contribution is -2.34. The van der Waals surface area contributed by atoms with Gasteiger partial charge in [0, 0.05) is 22.9 Å². The largest absolute Gasteiger partial charge is 0.332 e. The van der Waals surface area contributed by atoms with E-state index in [4.69, 9.17) is 12.2 Å². The molecule has 0 bridgehead atoms. The predicted octanol–water partition coefficient (Wildman–Crippen LogP) is 3.97. The summed E-state index contributed by atoms with van der Waals surface area (Å²) >= 11 is 5.20. The maximum Gasteiger partial charge on any atom is 0.257 e. The number of thiocarbonyl (C=S) groups is 1. The van der Waals surface area contributed by atoms with Crippen molar-refractivity contribution in [2.24, 2.45) is 5.92 Å². The van der Waals surface area contributed by atoms with E-state index in [1.54, 1.807) is 36.4 Å². The number of nitrogens with one attached hydrogen (secondary N) is 3. The van der Waals surface area contributed by atoms with Gasteiger partial charge in [0.25, 0.3) is 5.91 Å². The highest BCUT2D eigenvalue weighted by atomic mass is 32.1. The summed E-state index contributed by atoms with van der Waals surface area (Å²) in [5.41, 5.74) is 3.06. The minimum absolute atomic E-state index is 0.0615. The SMILES string of the molecule is CCc1ccc(C(=O)NC(=S)Nc2cccc(NC(=O)C(C)C)c2)cc1. The fourth-order valence-corrected chi connectivity index (χ4v) is 2.40. The average Bonchev–Trinajstić information content (AvgIpc) is 2.61. The highest BCUT2D eigenvalue weighted by Crippen LogP contribution is 2.16. The van der Waals surface area contributed by atoms with Gasteiger partial charge in [0.2, 0.25) is 5.91 Å². The lowest BCUT2D eigenvalue weighted by atomic mass is 10.1. The molecule has 6 heteroatoms. The first-order chi connectivity index (χ1) is 12.4. The molecular formula is C20H23N3O2S. The van der Waals surface area contributed by atoms with Gasteiger partial charge in [-0.15, -0.1) is 0 Å². The van der Waals surface area contributed by atoms with E-state index in [0.29, 0.717) is 16.9 Å². The second-order valence-corrected chi connectivity index (χ2v) is 6.59. The summed E-state index contributed by atoms with van der Waals surface area (Å²) < 4.78 is 0. The molecule has 5 nitrogen and oxygen atoms in total. The quantitative estimate of drug-likeness (QED) is 0.698. The lowest BCUT2D eigenvalue weighted by molar-refractivity contribution is -0.118. The molecule has 26 heavy (non-hydrogen) atoms. The van der Waals surface area contributed by atoms with E-state index in [0.717, 1.165) is 6.42 Å². The first-order valence-electron chi connectivity index (χ1n) is 8.51. The van der Waals surface area contributed by atoms with Crippen LogP contribution in [0.15, 0.2) is 48.5 Å². The zero-order valence-electron chi connectivity index (χ0n) is 15.1. The molecule has 0 atom stereocenters. The second kappa shape index (κ2) is 9.10. The summed E-state index contributed by atoms with van der Waals surface area (Å²) in [5.74, 6) is -0.436. The fourth-order valence-electron chi connectivity index (χ4n) is 2.19. The summed E-state index contributed by atoms with van der Waals surface area (Å²) in [4.78, 5) is 24.0. The molecule has 0 saturated heterocycles. The molecule has 0 fully saturated rings. The molecule has 0 unspecified atom stereocenters. The first kappa shape index (κ1) is 19.6. The van der Waals surface area contributed by atoms with Crippen molar-refractivity contribution in [1.29, 1.82) is 0 Å². The number of rotatable bonds is 5. The van der Waals surface area contributed by atoms with Gasteiger partial charge < -0.3 is 10.6 Å². The van der Waals surface area contributed by atoms with Gasteiger partial charge in [0.05, 0.1) is 0 Å². The molecule has 2 aromatic rings. The second-order valence-electron chi connectivity index (χ2n) is 6.18. The minimum atomic E-state index is -0.269. The Morgan fingerprint density at radius 1 is 1.00 bits per heavy atom. The molecule has 0 aromatic heterocycles. The molecule has 0 aliphatic heterocycles. The van der Waals surface area contributed by atoms with Crippen molar-refractivity contribution in [2.75, 3.05) is 10.6 Å². The monoisotopic (exact) mass is 369 g/mol. The highest BCUT2D eigenvalue weighted by molar-refractivity contribution is 7.80. The van der Waals surface area contributed by atoms with Crippen LogP contribution < -0.4 is 16.0 Å². The van der Waals surface area contributed by atoms with Crippen LogP contribution in [-0.2, 0) is 11.2 Å². The van der Waals surface area contributed by atoms with Crippen LogP contribution in [0.5, 0.6) is 0 Å². The van der Waals surface area contributed by atoms with Gasteiger partial charge in [-0.1, -0.05) is 39.0 Å². The Bertz CT molecular complexity index is 801. The van der Waals surface area contributed by atoms with Crippen LogP contribution in [0.1, 0.15) is 36.7 Å². The molecule has 2 aromatic carbocycles. The summed E-state index contributed by atoms with van der Waals surface area (Å²) in [5, 5.41) is 8.63. The first-order valence-corrected chi connectivity index (χ1v) is 8.92. The van der Waals surface area contributed by atoms with Crippen LogP contribution in [0.2, 0.25) is 0 Å². The Hall–Kier alpha value is -2.73. The molecule has 3 N–H and O–H groups in total. The van der Waals surface area contributed by atoms with Gasteiger partial charge in [-0.25, -0.2) is 0 Å². The Morgan fingerprint density at radius 3 is 2.19 bits per heavy atom. The van der Waals surface area contributed by atoms with Crippen LogP contribution in [-0.4, -0.2) is 16.9 Å². The van der Waals surface area contributed by atoms with E-state index in [1.165, 1.54) is 5.56 Å². The number of aryl methyl sites for hydroxylation is 1. The lowest BCUT2D eigenvalue weighted by Gasteiger charge is -2.12. The number of benzene rings is 2. The Labute approximate surface area is 159 Å². The van der Waals surface area contributed by atoms with Crippen LogP contribution in [0, 0.1) is 5.92 Å². The number of amides is 2. The van der Waals surface area contributed by atoms with E-state index < -0.39 is 0 Å². The summed E-state index contributed by atoms with van der Waals surface area (Å²) in [7, 11) is 0. The molecular weight excluding hydrogens is 346 g/mol. The number of carbonyl (C=O) groups is 2. The molecule has 0 saturated carbocycles. The topological polar surface area (TPSA) is 70.2 Å². The van der Waals surface area contributed by atoms with Gasteiger partial charge in [-0.05, 0) is 54.5 Å². The predicted molar refractivity (Wildman–Crippen MR) is 109 cm³/mol. The smallest absolute Gasteiger partial charge is 0.257 e. The van der Waals surface area contributed by atoms with Gasteiger partial charge in [0.1, 0.15) is 0 Å². The molecule has 0 radical (unpaired) electrons. The van der Waals surface area contributed by atoms with Crippen LogP contribution in [0.25, 0.3) is 0 Å². The summed E-state index contributed by atoms with van der Waals surface area (Å²) in [6, 6.07) is 14.6. The number of anilines is 2. The van der Waals surface area contributed by atoms with Crippen LogP contribution >= 0.6 is 12.2 Å². The summed E-state index contributed by atoms with van der Waals surface area (Å²) in [6.07, 6.45) is 0.922. The Kier molecular flexibility index (Phi) is 6.86. The van der Waals surface area contributed by atoms with Crippen LogP contribution in [0.3, 0.4) is 0 Å². The maximum atomic E-state index is 12.2. The van der Waals surface area contributed by atoms with Crippen LogP contribution in [0.4, 0.5) is 11.4 Å². The van der Waals surface area contributed by atoms with Crippen molar-refractivity contribution in [1.82, 2.24) is 5.32 Å². The van der Waals surface area contributed by atoms with E-state index in [-0.39, 0.29) is 22.8 Å². The Morgan fingerprint density at radius 2 is 1.62 bits per heavy atom. The van der Waals surface area contributed by atoms with Gasteiger partial charge >= 0.3 is 0 Å². The molecule has 2 amide bonds. The number of hydrogen-bond acceptors (Lipinski definition) is 3. The van der Waals surface area contributed by atoms with Crippen molar-refractivity contribution in [3.8, 4) is 0 Å². The molecule has 136 valence electrons. The molecule has 0 aliphatic rings. The average molecular weight is 369 g/mol. The standard InChI is InChI=1S/C20H23N3O2S/c1-4-14-8-10-15(11-9-14)19(25)23-20(26)22-17-7-5-6-16(12-17)21-18(24)13(2)3/h5-13H,4H2,1-3H3,(H,21,24)(H2,22,23,25,26). The van der Waals surface area contributed by atoms with E-state index in [2.05, 4.69) is 22.9 Å². The van der Waals surface area contributed by atoms with Gasteiger partial charge in [0.15, 0.2) is 5.11 Å². The zero-order valence-corrected chi connectivity index (χ0v) is 15.9. The van der Waals surface area contributed by atoms with E-state index in [9.17, 15) is 9.59 Å². The zero-order chi connectivity index (χ0) is 19.1. The van der Waals surface area contributed by atoms with Crippen molar-refractivity contribution in [2.45, 2.75) is 27.2 Å². The third-order valence-corrected chi connectivity index (χ3v) is 3.97. The maximum absolute atomic E-state index is 12.2. The third-order valence-electron chi connectivity index (χ3n) is 3.76. The van der Waals surface area contributed by atoms with Crippen molar-refractivity contribution in [3.05, 3.63) is 59.7 Å². The minimum Gasteiger partial charge on any atom is -0.332 e. The number of hydrogen-bond donors (Lipinski definition) is 3. The van der Waals surface area contributed by atoms with E-state index >= 15 is 0 Å². The van der Waals surface area contributed by atoms with Crippen molar-refractivity contribution in [3.63, 3.8) is 0 Å². The fraction of sp³-hybridized carbons (Fsp3) is 0.250. The van der Waals surface area contributed by atoms with Crippen molar-refractivity contribution >= 4 is 40.5 Å². The molecule has 0 heterocycles. The normalized spacial score (nSPS) is 10.3. The highest BCUT2D eigenvalue weighted by Gasteiger charge is 2.10.